The van der Waals surface area contributed by atoms with Crippen LogP contribution in [0.3, 0.4) is 0 Å². The Kier molecular flexibility index (Phi) is 5.92. The highest BCUT2D eigenvalue weighted by molar-refractivity contribution is 7.89. The number of piperazine rings is 1. The molecule has 4 rings (SSSR count). The predicted octanol–water partition coefficient (Wildman–Crippen LogP) is 2.98. The SMILES string of the molecule is Cc1ccc(-n2nc(N3CCN(S(=O)(=O)c4ccc(C)c(C)c4)CC3)ccc2=O)cc1C. The molecular weight excluding hydrogens is 424 g/mol. The van der Waals surface area contributed by atoms with Crippen LogP contribution in [0.15, 0.2) is 58.2 Å². The molecule has 0 atom stereocenters. The van der Waals surface area contributed by atoms with Crippen LogP contribution in [-0.2, 0) is 10.0 Å². The number of anilines is 1. The minimum Gasteiger partial charge on any atom is -0.353 e. The second-order valence-electron chi connectivity index (χ2n) is 8.35. The number of hydrogen-bond acceptors (Lipinski definition) is 5. The van der Waals surface area contributed by atoms with Crippen molar-refractivity contribution in [2.45, 2.75) is 32.6 Å². The lowest BCUT2D eigenvalue weighted by molar-refractivity contribution is 0.383. The summed E-state index contributed by atoms with van der Waals surface area (Å²) in [6, 6.07) is 14.3. The van der Waals surface area contributed by atoms with Gasteiger partial charge in [-0.05, 0) is 80.3 Å². The van der Waals surface area contributed by atoms with Crippen LogP contribution in [-0.4, -0.2) is 48.7 Å². The zero-order valence-corrected chi connectivity index (χ0v) is 19.7. The van der Waals surface area contributed by atoms with Crippen molar-refractivity contribution in [2.24, 2.45) is 0 Å². The van der Waals surface area contributed by atoms with E-state index in [1.165, 1.54) is 15.1 Å². The van der Waals surface area contributed by atoms with Crippen LogP contribution in [0.5, 0.6) is 0 Å². The summed E-state index contributed by atoms with van der Waals surface area (Å²) in [6.45, 7) is 9.64. The fraction of sp³-hybridized carbons (Fsp3) is 0.333. The van der Waals surface area contributed by atoms with Gasteiger partial charge in [0.15, 0.2) is 0 Å². The molecule has 0 unspecified atom stereocenters. The van der Waals surface area contributed by atoms with Gasteiger partial charge in [-0.3, -0.25) is 4.79 Å². The van der Waals surface area contributed by atoms with Crippen molar-refractivity contribution in [3.8, 4) is 5.69 Å². The molecule has 32 heavy (non-hydrogen) atoms. The standard InChI is InChI=1S/C24H28N4O3S/c1-17-5-7-21(15-19(17)3)28-24(29)10-9-23(25-28)26-11-13-27(14-12-26)32(30,31)22-8-6-18(2)20(4)16-22/h5-10,15-16H,11-14H2,1-4H3. The van der Waals surface area contributed by atoms with E-state index in [2.05, 4.69) is 5.10 Å². The van der Waals surface area contributed by atoms with Gasteiger partial charge in [-0.15, -0.1) is 5.10 Å². The zero-order chi connectivity index (χ0) is 23.0. The highest BCUT2D eigenvalue weighted by Gasteiger charge is 2.29. The fourth-order valence-corrected chi connectivity index (χ4v) is 5.30. The Labute approximate surface area is 189 Å². The third kappa shape index (κ3) is 4.20. The molecule has 2 heterocycles. The molecule has 0 radical (unpaired) electrons. The molecule has 0 amide bonds. The van der Waals surface area contributed by atoms with E-state index in [4.69, 9.17) is 0 Å². The molecule has 1 fully saturated rings. The average Bonchev–Trinajstić information content (AvgIpc) is 2.78. The summed E-state index contributed by atoms with van der Waals surface area (Å²) >= 11 is 0. The molecule has 8 heteroatoms. The number of sulfonamides is 1. The molecule has 2 aromatic carbocycles. The molecule has 168 valence electrons. The molecule has 0 bridgehead atoms. The summed E-state index contributed by atoms with van der Waals surface area (Å²) < 4.78 is 29.1. The Bertz CT molecular complexity index is 1320. The zero-order valence-electron chi connectivity index (χ0n) is 18.9. The molecule has 1 aliphatic heterocycles. The first-order valence-electron chi connectivity index (χ1n) is 10.7. The molecule has 0 saturated carbocycles. The first-order chi connectivity index (χ1) is 15.2. The fourth-order valence-electron chi connectivity index (χ4n) is 3.79. The van der Waals surface area contributed by atoms with Gasteiger partial charge in [-0.25, -0.2) is 8.42 Å². The molecule has 0 N–H and O–H groups in total. The van der Waals surface area contributed by atoms with E-state index in [0.29, 0.717) is 36.9 Å². The van der Waals surface area contributed by atoms with Crippen molar-refractivity contribution in [3.05, 3.63) is 81.1 Å². The van der Waals surface area contributed by atoms with Gasteiger partial charge in [0, 0.05) is 32.2 Å². The van der Waals surface area contributed by atoms with E-state index in [0.717, 1.165) is 27.9 Å². The van der Waals surface area contributed by atoms with Crippen molar-refractivity contribution in [2.75, 3.05) is 31.1 Å². The lowest BCUT2D eigenvalue weighted by Gasteiger charge is -2.34. The van der Waals surface area contributed by atoms with Gasteiger partial charge >= 0.3 is 0 Å². The molecule has 3 aromatic rings. The quantitative estimate of drug-likeness (QED) is 0.608. The molecule has 0 aliphatic carbocycles. The Morgan fingerprint density at radius 2 is 1.38 bits per heavy atom. The van der Waals surface area contributed by atoms with E-state index < -0.39 is 10.0 Å². The maximum absolute atomic E-state index is 13.1. The second kappa shape index (κ2) is 8.52. The summed E-state index contributed by atoms with van der Waals surface area (Å²) in [5.74, 6) is 0.658. The minimum absolute atomic E-state index is 0.201. The summed E-state index contributed by atoms with van der Waals surface area (Å²) in [5, 5.41) is 4.57. The predicted molar refractivity (Wildman–Crippen MR) is 126 cm³/mol. The maximum atomic E-state index is 13.1. The number of aromatic nitrogens is 2. The number of aryl methyl sites for hydroxylation is 4. The lowest BCUT2D eigenvalue weighted by Crippen LogP contribution is -2.49. The minimum atomic E-state index is -3.54. The Morgan fingerprint density at radius 1 is 0.750 bits per heavy atom. The monoisotopic (exact) mass is 452 g/mol. The van der Waals surface area contributed by atoms with Crippen LogP contribution in [0.1, 0.15) is 22.3 Å². The van der Waals surface area contributed by atoms with Gasteiger partial charge in [0.2, 0.25) is 10.0 Å². The first kappa shape index (κ1) is 22.2. The number of hydrogen-bond donors (Lipinski definition) is 0. The average molecular weight is 453 g/mol. The topological polar surface area (TPSA) is 75.5 Å². The molecule has 1 aliphatic rings. The van der Waals surface area contributed by atoms with Crippen LogP contribution in [0.4, 0.5) is 5.82 Å². The van der Waals surface area contributed by atoms with Crippen LogP contribution in [0.25, 0.3) is 5.69 Å². The van der Waals surface area contributed by atoms with Crippen LogP contribution in [0.2, 0.25) is 0 Å². The smallest absolute Gasteiger partial charge is 0.271 e. The number of benzene rings is 2. The van der Waals surface area contributed by atoms with Crippen molar-refractivity contribution >= 4 is 15.8 Å². The van der Waals surface area contributed by atoms with Crippen molar-refractivity contribution < 1.29 is 8.42 Å². The lowest BCUT2D eigenvalue weighted by atomic mass is 10.1. The first-order valence-corrected chi connectivity index (χ1v) is 12.1. The van der Waals surface area contributed by atoms with Gasteiger partial charge < -0.3 is 4.90 Å². The summed E-state index contributed by atoms with van der Waals surface area (Å²) in [4.78, 5) is 14.8. The molecule has 1 saturated heterocycles. The Morgan fingerprint density at radius 3 is 2.00 bits per heavy atom. The number of nitrogens with zero attached hydrogens (tertiary/aromatic N) is 4. The molecule has 0 spiro atoms. The van der Waals surface area contributed by atoms with E-state index in [9.17, 15) is 13.2 Å². The summed E-state index contributed by atoms with van der Waals surface area (Å²) in [6.07, 6.45) is 0. The van der Waals surface area contributed by atoms with Crippen LogP contribution in [0, 0.1) is 27.7 Å². The van der Waals surface area contributed by atoms with E-state index in [1.54, 1.807) is 18.2 Å². The maximum Gasteiger partial charge on any atom is 0.271 e. The number of rotatable bonds is 4. The Balaban J connectivity index is 1.54. The van der Waals surface area contributed by atoms with Gasteiger partial charge in [-0.2, -0.15) is 8.99 Å². The summed E-state index contributed by atoms with van der Waals surface area (Å²) in [5.41, 5.74) is 4.79. The van der Waals surface area contributed by atoms with E-state index >= 15 is 0 Å². The molecular formula is C24H28N4O3S. The van der Waals surface area contributed by atoms with Gasteiger partial charge in [0.25, 0.3) is 5.56 Å². The molecule has 7 nitrogen and oxygen atoms in total. The third-order valence-corrected chi connectivity index (χ3v) is 8.09. The highest BCUT2D eigenvalue weighted by Crippen LogP contribution is 2.22. The van der Waals surface area contributed by atoms with Crippen LogP contribution < -0.4 is 10.5 Å². The van der Waals surface area contributed by atoms with Crippen molar-refractivity contribution in [1.82, 2.24) is 14.1 Å². The van der Waals surface area contributed by atoms with Gasteiger partial charge in [0.05, 0.1) is 10.6 Å². The van der Waals surface area contributed by atoms with Crippen molar-refractivity contribution in [3.63, 3.8) is 0 Å². The largest absolute Gasteiger partial charge is 0.353 e. The van der Waals surface area contributed by atoms with Gasteiger partial charge in [0.1, 0.15) is 5.82 Å². The van der Waals surface area contributed by atoms with Crippen LogP contribution >= 0.6 is 0 Å². The highest BCUT2D eigenvalue weighted by atomic mass is 32.2. The van der Waals surface area contributed by atoms with E-state index in [1.807, 2.05) is 56.9 Å². The Hall–Kier alpha value is -2.97. The van der Waals surface area contributed by atoms with Crippen molar-refractivity contribution in [1.29, 1.82) is 0 Å². The molecule has 1 aromatic heterocycles. The third-order valence-electron chi connectivity index (χ3n) is 6.20. The normalized spacial score (nSPS) is 15.2. The second-order valence-corrected chi connectivity index (χ2v) is 10.3. The van der Waals surface area contributed by atoms with Gasteiger partial charge in [-0.1, -0.05) is 12.1 Å². The van der Waals surface area contributed by atoms with E-state index in [-0.39, 0.29) is 5.56 Å². The summed E-state index contributed by atoms with van der Waals surface area (Å²) in [7, 11) is -3.54.